The number of hydrogen-bond donors (Lipinski definition) is 0. The molecule has 2 unspecified atom stereocenters. The van der Waals surface area contributed by atoms with Crippen molar-refractivity contribution in [3.63, 3.8) is 0 Å². The number of ether oxygens (including phenoxy) is 8. The Labute approximate surface area is 318 Å². The highest BCUT2D eigenvalue weighted by atomic mass is 16.7. The summed E-state index contributed by atoms with van der Waals surface area (Å²) in [5.41, 5.74) is 3.29. The van der Waals surface area contributed by atoms with Gasteiger partial charge in [0.05, 0.1) is 20.1 Å². The van der Waals surface area contributed by atoms with Gasteiger partial charge in [-0.15, -0.1) is 0 Å². The average Bonchev–Trinajstić information content (AvgIpc) is 3.52. The van der Waals surface area contributed by atoms with E-state index in [0.29, 0.717) is 41.7 Å². The molecule has 14 heteroatoms. The van der Waals surface area contributed by atoms with Gasteiger partial charge >= 0.3 is 35.8 Å². The van der Waals surface area contributed by atoms with Gasteiger partial charge in [-0.3, -0.25) is 24.0 Å². The largest absolute Gasteiger partial charge is 0.496 e. The van der Waals surface area contributed by atoms with Crippen molar-refractivity contribution in [3.05, 3.63) is 33.9 Å². The van der Waals surface area contributed by atoms with E-state index in [1.807, 2.05) is 33.8 Å². The van der Waals surface area contributed by atoms with Crippen molar-refractivity contribution in [2.45, 2.75) is 125 Å². The van der Waals surface area contributed by atoms with E-state index < -0.39 is 42.7 Å². The van der Waals surface area contributed by atoms with Crippen LogP contribution in [0.4, 0.5) is 0 Å². The van der Waals surface area contributed by atoms with Crippen LogP contribution >= 0.6 is 0 Å². The highest BCUT2D eigenvalue weighted by Gasteiger charge is 2.33. The summed E-state index contributed by atoms with van der Waals surface area (Å²) in [5, 5.41) is 0. The summed E-state index contributed by atoms with van der Waals surface area (Å²) in [7, 11) is 2.89. The van der Waals surface area contributed by atoms with Gasteiger partial charge in [0.25, 0.3) is 0 Å². The number of allylic oxidation sites excluding steroid dienone is 2. The first-order chi connectivity index (χ1) is 25.7. The number of fused-ring (bicyclic) bond motifs is 1. The molecule has 1 aliphatic rings. The Kier molecular flexibility index (Phi) is 20.2. The van der Waals surface area contributed by atoms with Crippen LogP contribution in [0.5, 0.6) is 11.5 Å². The van der Waals surface area contributed by atoms with E-state index in [0.717, 1.165) is 49.7 Å². The molecule has 1 heterocycles. The summed E-state index contributed by atoms with van der Waals surface area (Å²) in [4.78, 5) is 71.9. The second-order valence-corrected chi connectivity index (χ2v) is 13.7. The summed E-state index contributed by atoms with van der Waals surface area (Å²) in [5.74, 6) is -2.19. The number of cyclic esters (lactones) is 1. The third-order valence-electron chi connectivity index (χ3n) is 9.13. The lowest BCUT2D eigenvalue weighted by molar-refractivity contribution is -0.166. The van der Waals surface area contributed by atoms with Gasteiger partial charge in [-0.1, -0.05) is 64.0 Å². The summed E-state index contributed by atoms with van der Waals surface area (Å²) < 4.78 is 42.5. The maximum atomic E-state index is 12.8. The monoisotopic (exact) mass is 762 g/mol. The molecule has 2 rings (SSSR count). The van der Waals surface area contributed by atoms with Gasteiger partial charge in [0.2, 0.25) is 6.79 Å². The average molecular weight is 763 g/mol. The number of hydrogen-bond acceptors (Lipinski definition) is 14. The van der Waals surface area contributed by atoms with Crippen LogP contribution in [0.25, 0.3) is 0 Å². The van der Waals surface area contributed by atoms with E-state index in [4.69, 9.17) is 37.9 Å². The Morgan fingerprint density at radius 2 is 1.44 bits per heavy atom. The fourth-order valence-corrected chi connectivity index (χ4v) is 5.99. The van der Waals surface area contributed by atoms with Gasteiger partial charge in [-0.25, -0.2) is 4.79 Å². The fourth-order valence-electron chi connectivity index (χ4n) is 5.99. The lowest BCUT2D eigenvalue weighted by atomic mass is 9.94. The first-order valence-corrected chi connectivity index (χ1v) is 18.6. The lowest BCUT2D eigenvalue weighted by Crippen LogP contribution is -2.30. The molecule has 14 nitrogen and oxygen atoms in total. The highest BCUT2D eigenvalue weighted by molar-refractivity contribution is 5.98. The van der Waals surface area contributed by atoms with Crippen LogP contribution in [0.2, 0.25) is 0 Å². The van der Waals surface area contributed by atoms with E-state index in [1.54, 1.807) is 7.11 Å². The zero-order valence-corrected chi connectivity index (χ0v) is 33.1. The molecule has 1 aliphatic heterocycles. The Morgan fingerprint density at radius 3 is 2.06 bits per heavy atom. The van der Waals surface area contributed by atoms with E-state index in [2.05, 4.69) is 0 Å². The molecule has 1 aromatic rings. The Balaban J connectivity index is 1.80. The molecule has 0 saturated heterocycles. The zero-order valence-electron chi connectivity index (χ0n) is 33.1. The van der Waals surface area contributed by atoms with Crippen LogP contribution in [0.1, 0.15) is 126 Å². The quantitative estimate of drug-likeness (QED) is 0.0350. The Hall–Kier alpha value is -4.62. The van der Waals surface area contributed by atoms with Crippen molar-refractivity contribution in [1.82, 2.24) is 0 Å². The normalized spacial score (nSPS) is 13.4. The van der Waals surface area contributed by atoms with Crippen molar-refractivity contribution in [3.8, 4) is 11.5 Å². The van der Waals surface area contributed by atoms with Gasteiger partial charge in [0.15, 0.2) is 6.10 Å². The maximum absolute atomic E-state index is 12.8. The second-order valence-electron chi connectivity index (χ2n) is 13.7. The Bertz CT molecular complexity index is 1460. The van der Waals surface area contributed by atoms with Crippen molar-refractivity contribution in [2.24, 2.45) is 11.8 Å². The molecule has 0 bridgehead atoms. The number of carbonyl (C=O) groups excluding carboxylic acids is 6. The van der Waals surface area contributed by atoms with Gasteiger partial charge in [0, 0.05) is 37.8 Å². The first kappa shape index (κ1) is 45.5. The number of unbranched alkanes of at least 4 members (excludes halogenated alkanes) is 4. The zero-order chi connectivity index (χ0) is 40.2. The van der Waals surface area contributed by atoms with Gasteiger partial charge in [-0.2, -0.15) is 0 Å². The minimum atomic E-state index is -0.856. The summed E-state index contributed by atoms with van der Waals surface area (Å²) >= 11 is 0. The molecule has 0 saturated carbocycles. The summed E-state index contributed by atoms with van der Waals surface area (Å²) in [6.07, 6.45) is 8.51. The minimum Gasteiger partial charge on any atom is -0.496 e. The molecular formula is C40H58O14. The highest BCUT2D eigenvalue weighted by Crippen LogP contribution is 2.43. The van der Waals surface area contributed by atoms with Gasteiger partial charge in [0.1, 0.15) is 36.9 Å². The molecule has 302 valence electrons. The van der Waals surface area contributed by atoms with Crippen LogP contribution in [0.15, 0.2) is 11.6 Å². The molecule has 0 radical (unpaired) electrons. The number of rotatable bonds is 25. The molecule has 54 heavy (non-hydrogen) atoms. The van der Waals surface area contributed by atoms with Crippen LogP contribution in [-0.2, 0) is 65.4 Å². The second kappa shape index (κ2) is 23.9. The molecule has 0 amide bonds. The predicted octanol–water partition coefficient (Wildman–Crippen LogP) is 6.43. The molecule has 0 N–H and O–H groups in total. The molecule has 0 aromatic heterocycles. The van der Waals surface area contributed by atoms with Crippen molar-refractivity contribution in [2.75, 3.05) is 34.2 Å². The molecule has 0 aliphatic carbocycles. The van der Waals surface area contributed by atoms with Crippen molar-refractivity contribution in [1.29, 1.82) is 0 Å². The molecular weight excluding hydrogens is 704 g/mol. The van der Waals surface area contributed by atoms with Crippen molar-refractivity contribution >= 4 is 35.8 Å². The smallest absolute Gasteiger partial charge is 0.342 e. The topological polar surface area (TPSA) is 176 Å². The van der Waals surface area contributed by atoms with Gasteiger partial charge in [-0.05, 0) is 44.6 Å². The third-order valence-corrected chi connectivity index (χ3v) is 9.13. The van der Waals surface area contributed by atoms with E-state index >= 15 is 0 Å². The standard InChI is InChI=1S/C40H58O14/c1-25(17-19-34(43)47-7)16-18-32-37(48-8)28(4)33-23-51-40(46)36(33)38(32)52-24-53-39(45)27(3)15-13-11-9-10-12-14-26(2)20-35(44)54-31(21-49-29(5)41)22-50-30(6)42/h16,26-27,31H,9-15,17-24H2,1-8H3/b25-16+. The van der Waals surface area contributed by atoms with E-state index in [1.165, 1.54) is 21.0 Å². The number of benzene rings is 1. The van der Waals surface area contributed by atoms with Crippen LogP contribution in [0, 0.1) is 18.8 Å². The molecule has 2 atom stereocenters. The molecule has 0 fully saturated rings. The summed E-state index contributed by atoms with van der Waals surface area (Å²) in [6.45, 7) is 9.35. The molecule has 0 spiro atoms. The third kappa shape index (κ3) is 15.8. The lowest BCUT2D eigenvalue weighted by Gasteiger charge is -2.20. The van der Waals surface area contributed by atoms with E-state index in [9.17, 15) is 28.8 Å². The molecule has 1 aromatic carbocycles. The van der Waals surface area contributed by atoms with Crippen molar-refractivity contribution < 1.29 is 66.7 Å². The number of methoxy groups -OCH3 is 2. The first-order valence-electron chi connectivity index (χ1n) is 18.6. The van der Waals surface area contributed by atoms with E-state index in [-0.39, 0.29) is 56.2 Å². The number of esters is 6. The predicted molar refractivity (Wildman–Crippen MR) is 196 cm³/mol. The fraction of sp³-hybridized carbons (Fsp3) is 0.650. The van der Waals surface area contributed by atoms with Crippen LogP contribution in [-0.4, -0.2) is 76.1 Å². The Morgan fingerprint density at radius 1 is 0.815 bits per heavy atom. The minimum absolute atomic E-state index is 0.0833. The van der Waals surface area contributed by atoms with Crippen LogP contribution in [0.3, 0.4) is 0 Å². The SMILES string of the molecule is COC(=O)CC/C(C)=C/Cc1c(OC)c(C)c2c(c1OCOC(=O)C(C)CCCCCCCC(C)CC(=O)OC(COC(C)=O)COC(C)=O)C(=O)OC2. The summed E-state index contributed by atoms with van der Waals surface area (Å²) in [6, 6.07) is 0. The van der Waals surface area contributed by atoms with Crippen LogP contribution < -0.4 is 9.47 Å². The van der Waals surface area contributed by atoms with Gasteiger partial charge < -0.3 is 37.9 Å². The maximum Gasteiger partial charge on any atom is 0.342 e. The number of carbonyl (C=O) groups is 6.